The summed E-state index contributed by atoms with van der Waals surface area (Å²) in [5.41, 5.74) is 1.22. The number of halogens is 1. The average Bonchev–Trinajstić information content (AvgIpc) is 2.56. The van der Waals surface area contributed by atoms with E-state index in [1.165, 1.54) is 5.56 Å². The third kappa shape index (κ3) is 9.52. The Morgan fingerprint density at radius 2 is 1.80 bits per heavy atom. The van der Waals surface area contributed by atoms with Crippen LogP contribution < -0.4 is 15.4 Å². The van der Waals surface area contributed by atoms with Gasteiger partial charge in [0.2, 0.25) is 5.91 Å². The van der Waals surface area contributed by atoms with E-state index in [-0.39, 0.29) is 35.8 Å². The number of rotatable bonds is 8. The summed E-state index contributed by atoms with van der Waals surface area (Å²) in [6, 6.07) is 8.01. The second-order valence-electron chi connectivity index (χ2n) is 6.00. The van der Waals surface area contributed by atoms with Gasteiger partial charge in [0.15, 0.2) is 5.96 Å². The van der Waals surface area contributed by atoms with Crippen LogP contribution in [0.15, 0.2) is 29.3 Å². The van der Waals surface area contributed by atoms with E-state index >= 15 is 0 Å². The van der Waals surface area contributed by atoms with Crippen LogP contribution in [-0.2, 0) is 4.79 Å². The number of nitrogens with one attached hydrogen (secondary N) is 2. The van der Waals surface area contributed by atoms with E-state index in [1.54, 1.807) is 7.05 Å². The zero-order chi connectivity index (χ0) is 17.9. The van der Waals surface area contributed by atoms with E-state index in [4.69, 9.17) is 4.74 Å². The summed E-state index contributed by atoms with van der Waals surface area (Å²) in [4.78, 5) is 17.7. The van der Waals surface area contributed by atoms with E-state index < -0.39 is 0 Å². The molecule has 1 amide bonds. The van der Waals surface area contributed by atoms with Gasteiger partial charge in [0.25, 0.3) is 0 Å². The number of carbonyl (C=O) groups is 1. The Hall–Kier alpha value is -1.51. The quantitative estimate of drug-likeness (QED) is 0.269. The lowest BCUT2D eigenvalue weighted by molar-refractivity contribution is -0.123. The minimum atomic E-state index is 0. The van der Waals surface area contributed by atoms with Crippen LogP contribution in [0.4, 0.5) is 0 Å². The summed E-state index contributed by atoms with van der Waals surface area (Å²) in [7, 11) is 3.70. The minimum Gasteiger partial charge on any atom is -0.492 e. The van der Waals surface area contributed by atoms with Gasteiger partial charge in [-0.3, -0.25) is 9.79 Å². The van der Waals surface area contributed by atoms with Crippen LogP contribution in [0.2, 0.25) is 0 Å². The first-order valence-electron chi connectivity index (χ1n) is 8.33. The number of amides is 1. The normalized spacial score (nSPS) is 10.9. The van der Waals surface area contributed by atoms with Crippen LogP contribution in [0.5, 0.6) is 5.75 Å². The van der Waals surface area contributed by atoms with Crippen LogP contribution in [0.25, 0.3) is 0 Å². The number of benzene rings is 1. The molecule has 0 aliphatic heterocycles. The van der Waals surface area contributed by atoms with Gasteiger partial charge in [-0.05, 0) is 19.1 Å². The Balaban J connectivity index is 0.00000576. The van der Waals surface area contributed by atoms with Gasteiger partial charge in [-0.1, -0.05) is 31.5 Å². The van der Waals surface area contributed by atoms with E-state index in [1.807, 2.05) is 50.1 Å². The van der Waals surface area contributed by atoms with E-state index in [0.717, 1.165) is 11.7 Å². The lowest BCUT2D eigenvalue weighted by Gasteiger charge is -2.22. The third-order valence-electron chi connectivity index (χ3n) is 3.52. The first-order chi connectivity index (χ1) is 11.4. The molecule has 0 aliphatic rings. The van der Waals surface area contributed by atoms with Crippen molar-refractivity contribution in [3.05, 3.63) is 29.8 Å². The number of ether oxygens (including phenoxy) is 1. The van der Waals surface area contributed by atoms with Crippen molar-refractivity contribution >= 4 is 35.8 Å². The summed E-state index contributed by atoms with van der Waals surface area (Å²) in [5.74, 6) is 1.71. The molecule has 0 aliphatic carbocycles. The predicted octanol–water partition coefficient (Wildman–Crippen LogP) is 2.27. The van der Waals surface area contributed by atoms with Gasteiger partial charge in [0.1, 0.15) is 12.4 Å². The fourth-order valence-electron chi connectivity index (χ4n) is 1.99. The molecule has 0 aromatic heterocycles. The van der Waals surface area contributed by atoms with Gasteiger partial charge in [-0.15, -0.1) is 24.0 Å². The molecule has 1 aromatic carbocycles. The molecule has 0 heterocycles. The molecule has 0 bridgehead atoms. The summed E-state index contributed by atoms with van der Waals surface area (Å²) >= 11 is 0. The molecular formula is C18H31IN4O2. The predicted molar refractivity (Wildman–Crippen MR) is 114 cm³/mol. The van der Waals surface area contributed by atoms with Crippen LogP contribution in [-0.4, -0.2) is 57.1 Å². The van der Waals surface area contributed by atoms with Gasteiger partial charge in [-0.2, -0.15) is 0 Å². The van der Waals surface area contributed by atoms with Crippen LogP contribution in [0.1, 0.15) is 19.4 Å². The van der Waals surface area contributed by atoms with E-state index in [0.29, 0.717) is 26.2 Å². The second-order valence-corrected chi connectivity index (χ2v) is 6.00. The minimum absolute atomic E-state index is 0. The molecule has 0 saturated carbocycles. The Kier molecular flexibility index (Phi) is 12.0. The SMILES string of the molecule is CN=C(NCCNC(=O)C(C)C)N(C)CCOc1ccc(C)cc1.I. The highest BCUT2D eigenvalue weighted by atomic mass is 127. The molecule has 25 heavy (non-hydrogen) atoms. The molecule has 0 fully saturated rings. The maximum absolute atomic E-state index is 11.5. The summed E-state index contributed by atoms with van der Waals surface area (Å²) < 4.78 is 5.73. The number of aliphatic imine (C=N–C) groups is 1. The number of hydrogen-bond acceptors (Lipinski definition) is 3. The molecule has 142 valence electrons. The molecule has 1 rings (SSSR count). The van der Waals surface area contributed by atoms with Crippen molar-refractivity contribution in [2.45, 2.75) is 20.8 Å². The Morgan fingerprint density at radius 3 is 2.36 bits per heavy atom. The largest absolute Gasteiger partial charge is 0.492 e. The molecule has 0 spiro atoms. The number of likely N-dealkylation sites (N-methyl/N-ethyl adjacent to an activating group) is 1. The molecule has 1 aromatic rings. The van der Waals surface area contributed by atoms with E-state index in [9.17, 15) is 4.79 Å². The Bertz CT molecular complexity index is 532. The maximum Gasteiger partial charge on any atom is 0.222 e. The lowest BCUT2D eigenvalue weighted by atomic mass is 10.2. The Labute approximate surface area is 168 Å². The van der Waals surface area contributed by atoms with Gasteiger partial charge in [0, 0.05) is 33.1 Å². The molecule has 0 atom stereocenters. The molecule has 7 heteroatoms. The number of nitrogens with zero attached hydrogens (tertiary/aromatic N) is 2. The fraction of sp³-hybridized carbons (Fsp3) is 0.556. The molecule has 0 saturated heterocycles. The zero-order valence-electron chi connectivity index (χ0n) is 15.8. The molecule has 0 unspecified atom stereocenters. The van der Waals surface area contributed by atoms with Crippen LogP contribution >= 0.6 is 24.0 Å². The second kappa shape index (κ2) is 12.8. The standard InChI is InChI=1S/C18H30N4O2.HI/c1-14(2)17(23)20-10-11-21-18(19-4)22(5)12-13-24-16-8-6-15(3)7-9-16;/h6-9,14H,10-13H2,1-5H3,(H,19,21)(H,20,23);1H. The first-order valence-corrected chi connectivity index (χ1v) is 8.33. The summed E-state index contributed by atoms with van der Waals surface area (Å²) in [6.07, 6.45) is 0. The smallest absolute Gasteiger partial charge is 0.222 e. The first kappa shape index (κ1) is 23.5. The molecular weight excluding hydrogens is 431 g/mol. The molecule has 6 nitrogen and oxygen atoms in total. The van der Waals surface area contributed by atoms with E-state index in [2.05, 4.69) is 22.5 Å². The van der Waals surface area contributed by atoms with Gasteiger partial charge in [-0.25, -0.2) is 0 Å². The van der Waals surface area contributed by atoms with Gasteiger partial charge >= 0.3 is 0 Å². The number of aryl methyl sites for hydroxylation is 1. The average molecular weight is 462 g/mol. The van der Waals surface area contributed by atoms with Crippen LogP contribution in [0.3, 0.4) is 0 Å². The van der Waals surface area contributed by atoms with Crippen molar-refractivity contribution < 1.29 is 9.53 Å². The lowest BCUT2D eigenvalue weighted by Crippen LogP contribution is -2.44. The zero-order valence-corrected chi connectivity index (χ0v) is 18.2. The number of guanidine groups is 1. The topological polar surface area (TPSA) is 66.0 Å². The highest BCUT2D eigenvalue weighted by molar-refractivity contribution is 14.0. The Morgan fingerprint density at radius 1 is 1.20 bits per heavy atom. The maximum atomic E-state index is 11.5. The van der Waals surface area contributed by atoms with Crippen molar-refractivity contribution in [1.29, 1.82) is 0 Å². The third-order valence-corrected chi connectivity index (χ3v) is 3.52. The van der Waals surface area contributed by atoms with Crippen molar-refractivity contribution in [3.8, 4) is 5.75 Å². The highest BCUT2D eigenvalue weighted by Crippen LogP contribution is 2.11. The van der Waals surface area contributed by atoms with Crippen molar-refractivity contribution in [3.63, 3.8) is 0 Å². The molecule has 2 N–H and O–H groups in total. The van der Waals surface area contributed by atoms with Crippen molar-refractivity contribution in [2.75, 3.05) is 40.3 Å². The highest BCUT2D eigenvalue weighted by Gasteiger charge is 2.07. The fourth-order valence-corrected chi connectivity index (χ4v) is 1.99. The van der Waals surface area contributed by atoms with Crippen LogP contribution in [0, 0.1) is 12.8 Å². The summed E-state index contributed by atoms with van der Waals surface area (Å²) in [6.45, 7) is 8.30. The monoisotopic (exact) mass is 462 g/mol. The van der Waals surface area contributed by atoms with Gasteiger partial charge in [0.05, 0.1) is 6.54 Å². The molecule has 0 radical (unpaired) electrons. The van der Waals surface area contributed by atoms with Crippen molar-refractivity contribution in [1.82, 2.24) is 15.5 Å². The number of carbonyl (C=O) groups excluding carboxylic acids is 1. The van der Waals surface area contributed by atoms with Crippen molar-refractivity contribution in [2.24, 2.45) is 10.9 Å². The summed E-state index contributed by atoms with van der Waals surface area (Å²) in [5, 5.41) is 6.10. The number of hydrogen-bond donors (Lipinski definition) is 2. The van der Waals surface area contributed by atoms with Gasteiger partial charge < -0.3 is 20.3 Å².